The van der Waals surface area contributed by atoms with Crippen LogP contribution in [0.25, 0.3) is 0 Å². The summed E-state index contributed by atoms with van der Waals surface area (Å²) in [6, 6.07) is 4.15. The van der Waals surface area contributed by atoms with E-state index in [9.17, 15) is 15.0 Å². The minimum Gasteiger partial charge on any atom is -0.504 e. The number of aromatic hydroxyl groups is 2. The molecule has 2 rings (SSSR count). The number of Topliss-reactive ketones (excluding diaryl/α,β-unsaturated/α-hetero) is 1. The van der Waals surface area contributed by atoms with E-state index in [-0.39, 0.29) is 23.4 Å². The van der Waals surface area contributed by atoms with Gasteiger partial charge in [-0.3, -0.25) is 9.69 Å². The largest absolute Gasteiger partial charge is 0.504 e. The van der Waals surface area contributed by atoms with E-state index in [0.29, 0.717) is 18.7 Å². The Balaban J connectivity index is 1.98. The number of nitrogens with zero attached hydrogens (tertiary/aromatic N) is 1. The Kier molecular flexibility index (Phi) is 4.39. The highest BCUT2D eigenvalue weighted by Crippen LogP contribution is 2.25. The van der Waals surface area contributed by atoms with E-state index in [1.807, 2.05) is 0 Å². The molecule has 1 saturated heterocycles. The van der Waals surface area contributed by atoms with Crippen molar-refractivity contribution in [1.82, 2.24) is 4.90 Å². The molecule has 1 atom stereocenters. The maximum Gasteiger partial charge on any atom is 0.176 e. The molecule has 0 saturated carbocycles. The van der Waals surface area contributed by atoms with Crippen LogP contribution >= 0.6 is 0 Å². The van der Waals surface area contributed by atoms with Gasteiger partial charge in [0.05, 0.1) is 19.3 Å². The second-order valence-electron chi connectivity index (χ2n) is 4.76. The minimum atomic E-state index is -0.265. The van der Waals surface area contributed by atoms with Crippen molar-refractivity contribution in [3.63, 3.8) is 0 Å². The van der Waals surface area contributed by atoms with Gasteiger partial charge in [0.2, 0.25) is 0 Å². The number of rotatable bonds is 4. The zero-order chi connectivity index (χ0) is 13.8. The molecule has 0 bridgehead atoms. The van der Waals surface area contributed by atoms with E-state index in [2.05, 4.69) is 11.8 Å². The molecule has 0 radical (unpaired) electrons. The van der Waals surface area contributed by atoms with Crippen molar-refractivity contribution in [2.45, 2.75) is 19.4 Å². The molecular formula is C14H19NO4. The lowest BCUT2D eigenvalue weighted by Crippen LogP contribution is -2.44. The van der Waals surface area contributed by atoms with Crippen LogP contribution in [0.15, 0.2) is 18.2 Å². The summed E-state index contributed by atoms with van der Waals surface area (Å²) < 4.78 is 5.55. The highest BCUT2D eigenvalue weighted by atomic mass is 16.5. The van der Waals surface area contributed by atoms with Gasteiger partial charge in [0, 0.05) is 18.7 Å². The fraction of sp³-hybridized carbons (Fsp3) is 0.500. The number of phenols is 2. The number of carbonyl (C=O) groups is 1. The summed E-state index contributed by atoms with van der Waals surface area (Å²) in [4.78, 5) is 14.2. The zero-order valence-electron chi connectivity index (χ0n) is 11.0. The van der Waals surface area contributed by atoms with Gasteiger partial charge in [0.25, 0.3) is 0 Å². The number of benzene rings is 1. The SMILES string of the molecule is CCC1CN(CC(=O)c2ccc(O)c(O)c2)CCO1. The van der Waals surface area contributed by atoms with Crippen LogP contribution in [-0.2, 0) is 4.74 Å². The van der Waals surface area contributed by atoms with Gasteiger partial charge in [0.1, 0.15) is 0 Å². The maximum atomic E-state index is 12.1. The van der Waals surface area contributed by atoms with Gasteiger partial charge in [-0.15, -0.1) is 0 Å². The van der Waals surface area contributed by atoms with Gasteiger partial charge < -0.3 is 14.9 Å². The number of ether oxygens (including phenoxy) is 1. The lowest BCUT2D eigenvalue weighted by molar-refractivity contribution is -0.0271. The predicted octanol–water partition coefficient (Wildman–Crippen LogP) is 1.39. The number of phenolic OH excluding ortho intramolecular Hbond substituents is 2. The molecule has 5 heteroatoms. The van der Waals surface area contributed by atoms with E-state index >= 15 is 0 Å². The fourth-order valence-electron chi connectivity index (χ4n) is 2.16. The molecule has 1 aliphatic heterocycles. The molecule has 0 aromatic heterocycles. The van der Waals surface area contributed by atoms with Crippen LogP contribution in [0.3, 0.4) is 0 Å². The standard InChI is InChI=1S/C14H19NO4/c1-2-11-8-15(5-6-19-11)9-14(18)10-3-4-12(16)13(17)7-10/h3-4,7,11,16-17H,2,5-6,8-9H2,1H3. The van der Waals surface area contributed by atoms with Crippen LogP contribution in [0, 0.1) is 0 Å². The van der Waals surface area contributed by atoms with Gasteiger partial charge in [-0.1, -0.05) is 6.92 Å². The third-order valence-corrected chi connectivity index (χ3v) is 3.34. The van der Waals surface area contributed by atoms with Crippen LogP contribution in [0.5, 0.6) is 11.5 Å². The number of ketones is 1. The summed E-state index contributed by atoms with van der Waals surface area (Å²) in [5.41, 5.74) is 0.412. The quantitative estimate of drug-likeness (QED) is 0.636. The molecule has 104 valence electrons. The topological polar surface area (TPSA) is 70.0 Å². The van der Waals surface area contributed by atoms with Crippen molar-refractivity contribution in [3.8, 4) is 11.5 Å². The van der Waals surface area contributed by atoms with Crippen molar-refractivity contribution in [3.05, 3.63) is 23.8 Å². The van der Waals surface area contributed by atoms with Crippen molar-refractivity contribution < 1.29 is 19.7 Å². The first kappa shape index (κ1) is 13.8. The average Bonchev–Trinajstić information content (AvgIpc) is 2.42. The van der Waals surface area contributed by atoms with E-state index in [1.165, 1.54) is 18.2 Å². The van der Waals surface area contributed by atoms with Gasteiger partial charge in [-0.05, 0) is 24.6 Å². The first-order valence-corrected chi connectivity index (χ1v) is 6.49. The van der Waals surface area contributed by atoms with Crippen LogP contribution in [0.4, 0.5) is 0 Å². The molecule has 1 aromatic carbocycles. The summed E-state index contributed by atoms with van der Waals surface area (Å²) in [7, 11) is 0. The third kappa shape index (κ3) is 3.45. The van der Waals surface area contributed by atoms with E-state index in [4.69, 9.17) is 4.74 Å². The molecule has 0 amide bonds. The summed E-state index contributed by atoms with van der Waals surface area (Å²) in [5.74, 6) is -0.541. The Bertz CT molecular complexity index is 461. The second kappa shape index (κ2) is 6.04. The lowest BCUT2D eigenvalue weighted by Gasteiger charge is -2.31. The Morgan fingerprint density at radius 3 is 2.89 bits per heavy atom. The van der Waals surface area contributed by atoms with Crippen molar-refractivity contribution in [1.29, 1.82) is 0 Å². The van der Waals surface area contributed by atoms with E-state index in [0.717, 1.165) is 19.5 Å². The van der Waals surface area contributed by atoms with Crippen LogP contribution in [0.1, 0.15) is 23.7 Å². The zero-order valence-corrected chi connectivity index (χ0v) is 11.0. The molecule has 2 N–H and O–H groups in total. The van der Waals surface area contributed by atoms with Crippen LogP contribution in [0.2, 0.25) is 0 Å². The molecule has 1 heterocycles. The first-order chi connectivity index (χ1) is 9.10. The summed E-state index contributed by atoms with van der Waals surface area (Å²) in [5, 5.41) is 18.6. The lowest BCUT2D eigenvalue weighted by atomic mass is 10.1. The number of hydrogen-bond acceptors (Lipinski definition) is 5. The molecule has 1 fully saturated rings. The smallest absolute Gasteiger partial charge is 0.176 e. The Labute approximate surface area is 112 Å². The molecular weight excluding hydrogens is 246 g/mol. The van der Waals surface area contributed by atoms with Crippen LogP contribution < -0.4 is 0 Å². The highest BCUT2D eigenvalue weighted by molar-refractivity contribution is 5.98. The first-order valence-electron chi connectivity index (χ1n) is 6.49. The second-order valence-corrected chi connectivity index (χ2v) is 4.76. The van der Waals surface area contributed by atoms with Gasteiger partial charge in [-0.2, -0.15) is 0 Å². The Morgan fingerprint density at radius 1 is 1.42 bits per heavy atom. The van der Waals surface area contributed by atoms with Crippen molar-refractivity contribution >= 4 is 5.78 Å². The maximum absolute atomic E-state index is 12.1. The number of carbonyl (C=O) groups excluding carboxylic acids is 1. The van der Waals surface area contributed by atoms with Crippen LogP contribution in [-0.4, -0.2) is 53.2 Å². The highest BCUT2D eigenvalue weighted by Gasteiger charge is 2.21. The third-order valence-electron chi connectivity index (χ3n) is 3.34. The monoisotopic (exact) mass is 265 g/mol. The molecule has 1 aliphatic rings. The van der Waals surface area contributed by atoms with Crippen molar-refractivity contribution in [2.75, 3.05) is 26.2 Å². The summed E-state index contributed by atoms with van der Waals surface area (Å²) >= 11 is 0. The van der Waals surface area contributed by atoms with E-state index < -0.39 is 0 Å². The molecule has 0 aliphatic carbocycles. The fourth-order valence-corrected chi connectivity index (χ4v) is 2.16. The predicted molar refractivity (Wildman–Crippen MR) is 70.6 cm³/mol. The normalized spacial score (nSPS) is 20.4. The van der Waals surface area contributed by atoms with E-state index in [1.54, 1.807) is 0 Å². The number of morpholine rings is 1. The van der Waals surface area contributed by atoms with Gasteiger partial charge in [0.15, 0.2) is 17.3 Å². The Hall–Kier alpha value is -1.59. The molecule has 1 aromatic rings. The van der Waals surface area contributed by atoms with Crippen molar-refractivity contribution in [2.24, 2.45) is 0 Å². The average molecular weight is 265 g/mol. The summed E-state index contributed by atoms with van der Waals surface area (Å²) in [6.07, 6.45) is 1.12. The van der Waals surface area contributed by atoms with Gasteiger partial charge >= 0.3 is 0 Å². The summed E-state index contributed by atoms with van der Waals surface area (Å²) in [6.45, 7) is 4.52. The number of hydrogen-bond donors (Lipinski definition) is 2. The van der Waals surface area contributed by atoms with Gasteiger partial charge in [-0.25, -0.2) is 0 Å². The minimum absolute atomic E-state index is 0.0629. The molecule has 19 heavy (non-hydrogen) atoms. The Morgan fingerprint density at radius 2 is 2.21 bits per heavy atom. The molecule has 1 unspecified atom stereocenters. The molecule has 0 spiro atoms. The molecule has 5 nitrogen and oxygen atoms in total.